The number of hydrogen-bond acceptors (Lipinski definition) is 16. The van der Waals surface area contributed by atoms with Crippen molar-refractivity contribution in [1.82, 2.24) is 20.4 Å². The molecule has 5 unspecified atom stereocenters. The van der Waals surface area contributed by atoms with Crippen LogP contribution in [-0.4, -0.2) is 164 Å². The molecule has 3 N–H and O–H groups in total. The molecule has 332 valence electrons. The number of methoxy groups -OCH3 is 1. The lowest BCUT2D eigenvalue weighted by atomic mass is 9.92. The summed E-state index contributed by atoms with van der Waals surface area (Å²) in [6, 6.07) is 4.43. The fraction of sp³-hybridized carbons (Fsp3) is 0.675. The van der Waals surface area contributed by atoms with Crippen LogP contribution < -0.4 is 20.1 Å². The number of aliphatic hydroxyl groups is 1. The first-order chi connectivity index (χ1) is 28.4. The van der Waals surface area contributed by atoms with E-state index in [9.17, 15) is 29.1 Å². The van der Waals surface area contributed by atoms with Gasteiger partial charge in [-0.25, -0.2) is 14.4 Å². The molecule has 0 radical (unpaired) electrons. The lowest BCUT2D eigenvalue weighted by Crippen LogP contribution is -2.44. The highest BCUT2D eigenvalue weighted by atomic mass is 16.7. The summed E-state index contributed by atoms with van der Waals surface area (Å²) in [6.45, 7) is 5.07. The van der Waals surface area contributed by atoms with Crippen molar-refractivity contribution < 1.29 is 71.7 Å². The Kier molecular flexibility index (Phi) is 22.6. The molecule has 3 rings (SSSR count). The maximum atomic E-state index is 13.1. The van der Waals surface area contributed by atoms with E-state index < -0.39 is 55.3 Å². The predicted octanol–water partition coefficient (Wildman–Crippen LogP) is 2.17. The average Bonchev–Trinajstić information content (AvgIpc) is 3.20. The molecule has 1 aromatic carbocycles. The zero-order chi connectivity index (χ0) is 43.0. The zero-order valence-corrected chi connectivity index (χ0v) is 34.9. The number of amides is 3. The summed E-state index contributed by atoms with van der Waals surface area (Å²) in [5.74, 6) is -1.26. The topological polar surface area (TPSA) is 219 Å². The number of nitrogens with zero attached hydrogens (tertiary/aromatic N) is 2. The maximum Gasteiger partial charge on any atom is 0.415 e. The van der Waals surface area contributed by atoms with Gasteiger partial charge in [0.05, 0.1) is 53.4 Å². The molecular weight excluding hydrogens is 776 g/mol. The number of carbonyl (C=O) groups excluding carboxylic acids is 5. The van der Waals surface area contributed by atoms with Crippen molar-refractivity contribution in [3.63, 3.8) is 0 Å². The summed E-state index contributed by atoms with van der Waals surface area (Å²) in [4.78, 5) is 65.3. The van der Waals surface area contributed by atoms with Gasteiger partial charge in [0.1, 0.15) is 23.7 Å². The van der Waals surface area contributed by atoms with Crippen LogP contribution in [0.15, 0.2) is 30.4 Å². The molecular formula is C40H62N4O15. The van der Waals surface area contributed by atoms with E-state index in [0.717, 1.165) is 6.54 Å². The number of nitrogens with one attached hydrogen (secondary N) is 2. The lowest BCUT2D eigenvalue weighted by molar-refractivity contribution is -0.204. The Bertz CT molecular complexity index is 1500. The van der Waals surface area contributed by atoms with Crippen LogP contribution in [0.25, 0.3) is 0 Å². The van der Waals surface area contributed by atoms with Crippen LogP contribution in [0.5, 0.6) is 11.5 Å². The summed E-state index contributed by atoms with van der Waals surface area (Å²) in [7, 11) is 6.13. The smallest absolute Gasteiger partial charge is 0.415 e. The van der Waals surface area contributed by atoms with Crippen LogP contribution in [0.1, 0.15) is 51.0 Å². The normalized spacial score (nSPS) is 20.9. The first-order valence-electron chi connectivity index (χ1n) is 19.9. The Balaban J connectivity index is 1.40. The monoisotopic (exact) mass is 838 g/mol. The molecule has 1 heterocycles. The van der Waals surface area contributed by atoms with Gasteiger partial charge in [-0.2, -0.15) is 0 Å². The molecule has 3 amide bonds. The molecule has 1 aromatic rings. The molecule has 0 saturated carbocycles. The fourth-order valence-electron chi connectivity index (χ4n) is 6.01. The number of likely N-dealkylation sites (N-methyl/N-ethyl adjacent to an activating group) is 3. The van der Waals surface area contributed by atoms with Crippen LogP contribution >= 0.6 is 0 Å². The number of hydrogen-bond donors (Lipinski definition) is 3. The molecule has 0 spiro atoms. The second-order valence-electron chi connectivity index (χ2n) is 14.0. The minimum atomic E-state index is -1.03. The molecule has 0 aromatic heterocycles. The largest absolute Gasteiger partial charge is 0.467 e. The molecule has 5 atom stereocenters. The number of aliphatic hydroxyl groups excluding tert-OH is 1. The molecule has 1 fully saturated rings. The van der Waals surface area contributed by atoms with E-state index in [0.29, 0.717) is 77.4 Å². The molecule has 1 saturated heterocycles. The number of rotatable bonds is 23. The quantitative estimate of drug-likeness (QED) is 0.0623. The van der Waals surface area contributed by atoms with Crippen LogP contribution in [0, 0.1) is 5.92 Å². The summed E-state index contributed by atoms with van der Waals surface area (Å²) in [6.07, 6.45) is 1.74. The minimum absolute atomic E-state index is 0.0156. The highest BCUT2D eigenvalue weighted by Crippen LogP contribution is 2.30. The maximum absolute atomic E-state index is 13.1. The van der Waals surface area contributed by atoms with E-state index >= 15 is 0 Å². The standard InChI is InChI=1S/C40H62N4O15/c1-28(46)55-33-25-35(38(48)51-5)58-36(26-33)56-32-13-11-30(27-45)34(24-32)59-40(50)44(4)17-16-43(3)39(49)57-31-9-7-6-8-29(10-12-31)37(47)42-15-19-53-21-23-54-22-20-52-18-14-41-2/h7,9,11,13,24,29,31,33,35-36,41,45H,6,8,10,12,14-23,25-27H2,1-5H3,(H,42,47)/b9-7+. The summed E-state index contributed by atoms with van der Waals surface area (Å²) >= 11 is 0. The van der Waals surface area contributed by atoms with Gasteiger partial charge in [0.2, 0.25) is 12.2 Å². The predicted molar refractivity (Wildman–Crippen MR) is 211 cm³/mol. The van der Waals surface area contributed by atoms with Gasteiger partial charge in [0.15, 0.2) is 6.10 Å². The molecule has 19 nitrogen and oxygen atoms in total. The van der Waals surface area contributed by atoms with Gasteiger partial charge in [-0.1, -0.05) is 6.08 Å². The third-order valence-corrected chi connectivity index (χ3v) is 9.35. The summed E-state index contributed by atoms with van der Waals surface area (Å²) < 4.78 is 49.4. The van der Waals surface area contributed by atoms with Gasteiger partial charge in [0.25, 0.3) is 0 Å². The van der Waals surface area contributed by atoms with Gasteiger partial charge in [-0.15, -0.1) is 0 Å². The van der Waals surface area contributed by atoms with Crippen molar-refractivity contribution >= 4 is 30.0 Å². The highest BCUT2D eigenvalue weighted by molar-refractivity contribution is 5.78. The molecule has 1 aliphatic heterocycles. The van der Waals surface area contributed by atoms with E-state index in [1.165, 1.54) is 49.1 Å². The van der Waals surface area contributed by atoms with Crippen molar-refractivity contribution in [2.45, 2.75) is 76.7 Å². The van der Waals surface area contributed by atoms with Gasteiger partial charge in [-0.3, -0.25) is 9.59 Å². The Labute approximate surface area is 345 Å². The second kappa shape index (κ2) is 27.3. The van der Waals surface area contributed by atoms with Gasteiger partial charge in [0, 0.05) is 77.6 Å². The minimum Gasteiger partial charge on any atom is -0.467 e. The van der Waals surface area contributed by atoms with Crippen LogP contribution in [0.4, 0.5) is 9.59 Å². The van der Waals surface area contributed by atoms with E-state index in [4.69, 9.17) is 42.6 Å². The molecule has 0 bridgehead atoms. The number of ether oxygens (including phenoxy) is 9. The first kappa shape index (κ1) is 48.8. The van der Waals surface area contributed by atoms with Crippen molar-refractivity contribution in [3.8, 4) is 11.5 Å². The van der Waals surface area contributed by atoms with Gasteiger partial charge < -0.3 is 68.2 Å². The highest BCUT2D eigenvalue weighted by Gasteiger charge is 2.37. The fourth-order valence-corrected chi connectivity index (χ4v) is 6.01. The Morgan fingerprint density at radius 1 is 0.864 bits per heavy atom. The SMILES string of the molecule is CNCCOCCOCCOCCNC(=O)C1CC/C=C/C(OC(=O)N(C)CCN(C)C(=O)Oc2cc(OC3CC(OC(C)=O)CC(C(=O)OC)O3)ccc2CO)CC1. The Hall–Kier alpha value is -4.53. The average molecular weight is 839 g/mol. The number of benzene rings is 1. The van der Waals surface area contributed by atoms with E-state index in [-0.39, 0.29) is 49.3 Å². The van der Waals surface area contributed by atoms with Crippen LogP contribution in [0.2, 0.25) is 0 Å². The lowest BCUT2D eigenvalue weighted by Gasteiger charge is -2.33. The van der Waals surface area contributed by atoms with Gasteiger partial charge >= 0.3 is 24.1 Å². The number of allylic oxidation sites excluding steroid dienone is 1. The van der Waals surface area contributed by atoms with Gasteiger partial charge in [-0.05, 0) is 50.9 Å². The first-order valence-corrected chi connectivity index (χ1v) is 19.9. The van der Waals surface area contributed by atoms with E-state index in [1.54, 1.807) is 7.05 Å². The Morgan fingerprint density at radius 3 is 2.20 bits per heavy atom. The van der Waals surface area contributed by atoms with Crippen molar-refractivity contribution in [1.29, 1.82) is 0 Å². The third-order valence-electron chi connectivity index (χ3n) is 9.35. The summed E-state index contributed by atoms with van der Waals surface area (Å²) in [5, 5.41) is 15.8. The summed E-state index contributed by atoms with van der Waals surface area (Å²) in [5.41, 5.74) is 0.297. The van der Waals surface area contributed by atoms with Crippen LogP contribution in [0.3, 0.4) is 0 Å². The Morgan fingerprint density at radius 2 is 1.54 bits per heavy atom. The zero-order valence-electron chi connectivity index (χ0n) is 34.9. The van der Waals surface area contributed by atoms with Crippen molar-refractivity contribution in [3.05, 3.63) is 35.9 Å². The van der Waals surface area contributed by atoms with E-state index in [2.05, 4.69) is 10.6 Å². The van der Waals surface area contributed by atoms with E-state index in [1.807, 2.05) is 19.2 Å². The molecule has 19 heteroatoms. The van der Waals surface area contributed by atoms with Crippen LogP contribution in [-0.2, 0) is 54.1 Å². The molecule has 1 aliphatic carbocycles. The molecule has 2 aliphatic rings. The van der Waals surface area contributed by atoms with Crippen molar-refractivity contribution in [2.75, 3.05) is 94.1 Å². The molecule has 59 heavy (non-hydrogen) atoms. The third kappa shape index (κ3) is 18.5. The second-order valence-corrected chi connectivity index (χ2v) is 14.0. The number of esters is 2. The van der Waals surface area contributed by atoms with Crippen molar-refractivity contribution in [2.24, 2.45) is 5.92 Å². The number of carbonyl (C=O) groups is 5.